The molecule has 0 aliphatic carbocycles. The Morgan fingerprint density at radius 3 is 2.74 bits per heavy atom. The van der Waals surface area contributed by atoms with Gasteiger partial charge < -0.3 is 10.0 Å². The van der Waals surface area contributed by atoms with Gasteiger partial charge in [-0.2, -0.15) is 0 Å². The third-order valence-corrected chi connectivity index (χ3v) is 3.87. The Bertz CT molecular complexity index is 468. The number of amides is 1. The number of fused-ring (bicyclic) bond motifs is 1. The number of carbonyl (C=O) groups excluding carboxylic acids is 1. The summed E-state index contributed by atoms with van der Waals surface area (Å²) in [5, 5.41) is 10.1. The first-order chi connectivity index (χ1) is 9.02. The van der Waals surface area contributed by atoms with Crippen LogP contribution in [-0.4, -0.2) is 22.5 Å². The van der Waals surface area contributed by atoms with Gasteiger partial charge in [0.25, 0.3) is 0 Å². The number of carbonyl (C=O) groups is 1. The molecular formula is C16H23NO2. The minimum atomic E-state index is -0.428. The standard InChI is InChI=1S/C16H23NO2/c1-4-15(18)17-8-7-12-5-6-13(9-14(12)10-17)16(19)11(2)3/h5-6,9,11,16,19H,4,7-8,10H2,1-3H3. The highest BCUT2D eigenvalue weighted by Gasteiger charge is 2.21. The lowest BCUT2D eigenvalue weighted by molar-refractivity contribution is -0.131. The van der Waals surface area contributed by atoms with Gasteiger partial charge in [0.1, 0.15) is 0 Å². The molecule has 0 aromatic heterocycles. The summed E-state index contributed by atoms with van der Waals surface area (Å²) in [6, 6.07) is 6.18. The second kappa shape index (κ2) is 5.74. The van der Waals surface area contributed by atoms with Gasteiger partial charge in [-0.25, -0.2) is 0 Å². The average Bonchev–Trinajstić information content (AvgIpc) is 2.44. The Hall–Kier alpha value is -1.35. The van der Waals surface area contributed by atoms with E-state index in [9.17, 15) is 9.90 Å². The number of hydrogen-bond acceptors (Lipinski definition) is 2. The van der Waals surface area contributed by atoms with Crippen LogP contribution in [0.2, 0.25) is 0 Å². The zero-order valence-corrected chi connectivity index (χ0v) is 12.0. The zero-order chi connectivity index (χ0) is 14.0. The van der Waals surface area contributed by atoms with Crippen LogP contribution in [0.4, 0.5) is 0 Å². The highest BCUT2D eigenvalue weighted by molar-refractivity contribution is 5.76. The van der Waals surface area contributed by atoms with E-state index in [1.807, 2.05) is 31.7 Å². The lowest BCUT2D eigenvalue weighted by Crippen LogP contribution is -2.35. The maximum Gasteiger partial charge on any atom is 0.222 e. The summed E-state index contributed by atoms with van der Waals surface area (Å²) in [7, 11) is 0. The summed E-state index contributed by atoms with van der Waals surface area (Å²) < 4.78 is 0. The van der Waals surface area contributed by atoms with Gasteiger partial charge in [0.2, 0.25) is 5.91 Å². The van der Waals surface area contributed by atoms with Crippen molar-refractivity contribution < 1.29 is 9.90 Å². The number of benzene rings is 1. The monoisotopic (exact) mass is 261 g/mol. The van der Waals surface area contributed by atoms with Gasteiger partial charge in [-0.3, -0.25) is 4.79 Å². The van der Waals surface area contributed by atoms with Crippen LogP contribution in [0.1, 0.15) is 50.0 Å². The molecule has 1 aromatic carbocycles. The van der Waals surface area contributed by atoms with Crippen LogP contribution in [0.15, 0.2) is 18.2 Å². The van der Waals surface area contributed by atoms with Crippen LogP contribution in [0.5, 0.6) is 0 Å². The predicted octanol–water partition coefficient (Wildman–Crippen LogP) is 2.67. The van der Waals surface area contributed by atoms with Crippen LogP contribution in [0.3, 0.4) is 0 Å². The molecule has 3 heteroatoms. The maximum absolute atomic E-state index is 11.8. The van der Waals surface area contributed by atoms with Gasteiger partial charge in [0, 0.05) is 19.5 Å². The van der Waals surface area contributed by atoms with Gasteiger partial charge in [-0.05, 0) is 29.0 Å². The van der Waals surface area contributed by atoms with E-state index in [1.54, 1.807) is 0 Å². The van der Waals surface area contributed by atoms with E-state index in [2.05, 4.69) is 12.1 Å². The van der Waals surface area contributed by atoms with Crippen LogP contribution in [-0.2, 0) is 17.8 Å². The first kappa shape index (κ1) is 14.1. The normalized spacial score (nSPS) is 16.4. The van der Waals surface area contributed by atoms with Crippen molar-refractivity contribution in [3.8, 4) is 0 Å². The van der Waals surface area contributed by atoms with Crippen molar-refractivity contribution in [1.29, 1.82) is 0 Å². The molecule has 1 unspecified atom stereocenters. The molecule has 0 saturated heterocycles. The van der Waals surface area contributed by atoms with Crippen molar-refractivity contribution >= 4 is 5.91 Å². The molecule has 1 aromatic rings. The Balaban J connectivity index is 2.22. The molecule has 0 bridgehead atoms. The molecule has 1 amide bonds. The Kier molecular flexibility index (Phi) is 4.25. The Morgan fingerprint density at radius 1 is 1.37 bits per heavy atom. The SMILES string of the molecule is CCC(=O)N1CCc2ccc(C(O)C(C)C)cc2C1. The molecule has 3 nitrogen and oxygen atoms in total. The summed E-state index contributed by atoms with van der Waals surface area (Å²) in [6.07, 6.45) is 1.05. The number of nitrogens with zero attached hydrogens (tertiary/aromatic N) is 1. The molecule has 1 heterocycles. The lowest BCUT2D eigenvalue weighted by atomic mass is 9.92. The van der Waals surface area contributed by atoms with E-state index in [4.69, 9.17) is 0 Å². The number of aliphatic hydroxyl groups is 1. The summed E-state index contributed by atoms with van der Waals surface area (Å²) in [6.45, 7) is 7.41. The molecule has 1 N–H and O–H groups in total. The fourth-order valence-electron chi connectivity index (χ4n) is 2.58. The van der Waals surface area contributed by atoms with E-state index in [0.717, 1.165) is 18.5 Å². The molecule has 0 fully saturated rings. The zero-order valence-electron chi connectivity index (χ0n) is 12.0. The van der Waals surface area contributed by atoms with E-state index < -0.39 is 6.10 Å². The van der Waals surface area contributed by atoms with Crippen LogP contribution >= 0.6 is 0 Å². The third kappa shape index (κ3) is 2.98. The maximum atomic E-state index is 11.8. The summed E-state index contributed by atoms with van der Waals surface area (Å²) in [5.74, 6) is 0.412. The molecule has 0 radical (unpaired) electrons. The van der Waals surface area contributed by atoms with Gasteiger partial charge in [0.05, 0.1) is 6.10 Å². The molecule has 1 aliphatic heterocycles. The Labute approximate surface area is 115 Å². The molecule has 19 heavy (non-hydrogen) atoms. The second-order valence-corrected chi connectivity index (χ2v) is 5.64. The molecule has 0 saturated carbocycles. The fourth-order valence-corrected chi connectivity index (χ4v) is 2.58. The lowest BCUT2D eigenvalue weighted by Gasteiger charge is -2.29. The van der Waals surface area contributed by atoms with Gasteiger partial charge >= 0.3 is 0 Å². The topological polar surface area (TPSA) is 40.5 Å². The van der Waals surface area contributed by atoms with Crippen molar-refractivity contribution in [2.75, 3.05) is 6.54 Å². The van der Waals surface area contributed by atoms with Crippen molar-refractivity contribution in [2.45, 2.75) is 46.3 Å². The van der Waals surface area contributed by atoms with Gasteiger partial charge in [-0.15, -0.1) is 0 Å². The van der Waals surface area contributed by atoms with Crippen LogP contribution < -0.4 is 0 Å². The van der Waals surface area contributed by atoms with Crippen molar-refractivity contribution in [2.24, 2.45) is 5.92 Å². The smallest absolute Gasteiger partial charge is 0.222 e. The predicted molar refractivity (Wildman–Crippen MR) is 75.7 cm³/mol. The first-order valence-corrected chi connectivity index (χ1v) is 7.10. The van der Waals surface area contributed by atoms with Crippen LogP contribution in [0, 0.1) is 5.92 Å². The summed E-state index contributed by atoms with van der Waals surface area (Å²) in [5.41, 5.74) is 3.45. The third-order valence-electron chi connectivity index (χ3n) is 3.87. The van der Waals surface area contributed by atoms with Crippen molar-refractivity contribution in [1.82, 2.24) is 4.90 Å². The fraction of sp³-hybridized carbons (Fsp3) is 0.562. The Morgan fingerprint density at radius 2 is 2.11 bits per heavy atom. The second-order valence-electron chi connectivity index (χ2n) is 5.64. The minimum absolute atomic E-state index is 0.204. The minimum Gasteiger partial charge on any atom is -0.388 e. The average molecular weight is 261 g/mol. The number of aliphatic hydroxyl groups excluding tert-OH is 1. The quantitative estimate of drug-likeness (QED) is 0.908. The van der Waals surface area contributed by atoms with Crippen LogP contribution in [0.25, 0.3) is 0 Å². The molecule has 1 atom stereocenters. The van der Waals surface area contributed by atoms with Crippen molar-refractivity contribution in [3.05, 3.63) is 34.9 Å². The summed E-state index contributed by atoms with van der Waals surface area (Å²) >= 11 is 0. The van der Waals surface area contributed by atoms with E-state index in [-0.39, 0.29) is 11.8 Å². The molecular weight excluding hydrogens is 238 g/mol. The van der Waals surface area contributed by atoms with E-state index >= 15 is 0 Å². The molecule has 104 valence electrons. The van der Waals surface area contributed by atoms with E-state index in [0.29, 0.717) is 13.0 Å². The van der Waals surface area contributed by atoms with E-state index in [1.165, 1.54) is 11.1 Å². The number of rotatable bonds is 3. The van der Waals surface area contributed by atoms with Gasteiger partial charge in [-0.1, -0.05) is 39.0 Å². The molecule has 0 spiro atoms. The largest absolute Gasteiger partial charge is 0.388 e. The molecule has 2 rings (SSSR count). The molecule has 1 aliphatic rings. The first-order valence-electron chi connectivity index (χ1n) is 7.10. The van der Waals surface area contributed by atoms with Gasteiger partial charge in [0.15, 0.2) is 0 Å². The summed E-state index contributed by atoms with van der Waals surface area (Å²) in [4.78, 5) is 13.7. The van der Waals surface area contributed by atoms with Crippen molar-refractivity contribution in [3.63, 3.8) is 0 Å². The highest BCUT2D eigenvalue weighted by Crippen LogP contribution is 2.27. The highest BCUT2D eigenvalue weighted by atomic mass is 16.3. The number of hydrogen-bond donors (Lipinski definition) is 1.